The second-order valence-electron chi connectivity index (χ2n) is 5.48. The summed E-state index contributed by atoms with van der Waals surface area (Å²) in [4.78, 5) is 17.5. The summed E-state index contributed by atoms with van der Waals surface area (Å²) >= 11 is 1.57. The lowest BCUT2D eigenvalue weighted by atomic mass is 10.1. The van der Waals surface area contributed by atoms with Gasteiger partial charge in [0.05, 0.1) is 11.5 Å². The molecule has 3 aromatic rings. The van der Waals surface area contributed by atoms with Gasteiger partial charge in [-0.2, -0.15) is 4.98 Å². The Labute approximate surface area is 149 Å². The first-order chi connectivity index (χ1) is 12.3. The first kappa shape index (κ1) is 17.3. The highest BCUT2D eigenvalue weighted by Crippen LogP contribution is 2.21. The molecular weight excluding hydrogens is 338 g/mol. The lowest BCUT2D eigenvalue weighted by Crippen LogP contribution is -2.13. The van der Waals surface area contributed by atoms with Gasteiger partial charge in [0.25, 0.3) is 0 Å². The molecular formula is C18H19N3O3S. The van der Waals surface area contributed by atoms with E-state index < -0.39 is 0 Å². The summed E-state index contributed by atoms with van der Waals surface area (Å²) in [7, 11) is 1.63. The fourth-order valence-electron chi connectivity index (χ4n) is 2.40. The third-order valence-electron chi connectivity index (χ3n) is 3.60. The maximum Gasteiger partial charge on any atom is 0.226 e. The molecule has 0 unspecified atom stereocenters. The summed E-state index contributed by atoms with van der Waals surface area (Å²) in [5, 5.41) is 8.86. The highest BCUT2D eigenvalue weighted by Gasteiger charge is 2.11. The zero-order valence-electron chi connectivity index (χ0n) is 13.9. The van der Waals surface area contributed by atoms with Crippen molar-refractivity contribution in [1.82, 2.24) is 10.1 Å². The van der Waals surface area contributed by atoms with Crippen LogP contribution in [0.1, 0.15) is 24.3 Å². The van der Waals surface area contributed by atoms with Gasteiger partial charge in [-0.05, 0) is 23.9 Å². The number of carbonyl (C=O) groups is 1. The van der Waals surface area contributed by atoms with Gasteiger partial charge in [0.2, 0.25) is 17.6 Å². The van der Waals surface area contributed by atoms with Crippen LogP contribution in [0.5, 0.6) is 0 Å². The maximum absolute atomic E-state index is 12.1. The Morgan fingerprint density at radius 3 is 2.96 bits per heavy atom. The van der Waals surface area contributed by atoms with Gasteiger partial charge in [-0.3, -0.25) is 4.79 Å². The first-order valence-electron chi connectivity index (χ1n) is 7.99. The van der Waals surface area contributed by atoms with Crippen molar-refractivity contribution >= 4 is 22.9 Å². The fraction of sp³-hybridized carbons (Fsp3) is 0.278. The van der Waals surface area contributed by atoms with Crippen LogP contribution in [0.2, 0.25) is 0 Å². The van der Waals surface area contributed by atoms with Gasteiger partial charge in [0.1, 0.15) is 0 Å². The predicted molar refractivity (Wildman–Crippen MR) is 96.3 cm³/mol. The third-order valence-corrected chi connectivity index (χ3v) is 4.46. The highest BCUT2D eigenvalue weighted by molar-refractivity contribution is 7.13. The molecule has 1 aromatic carbocycles. The van der Waals surface area contributed by atoms with E-state index in [1.165, 1.54) is 0 Å². The van der Waals surface area contributed by atoms with Gasteiger partial charge in [-0.1, -0.05) is 29.4 Å². The smallest absolute Gasteiger partial charge is 0.226 e. The molecule has 0 saturated heterocycles. The van der Waals surface area contributed by atoms with E-state index >= 15 is 0 Å². The summed E-state index contributed by atoms with van der Waals surface area (Å²) in [6.45, 7) is 0.462. The van der Waals surface area contributed by atoms with Crippen LogP contribution in [0.15, 0.2) is 46.3 Å². The van der Waals surface area contributed by atoms with Crippen LogP contribution in [0, 0.1) is 0 Å². The van der Waals surface area contributed by atoms with Gasteiger partial charge in [0.15, 0.2) is 0 Å². The molecule has 25 heavy (non-hydrogen) atoms. The molecule has 0 spiro atoms. The van der Waals surface area contributed by atoms with E-state index in [1.54, 1.807) is 18.4 Å². The summed E-state index contributed by atoms with van der Waals surface area (Å²) < 4.78 is 10.4. The second kappa shape index (κ2) is 8.55. The van der Waals surface area contributed by atoms with Gasteiger partial charge < -0.3 is 14.6 Å². The average molecular weight is 357 g/mol. The minimum atomic E-state index is -0.0402. The number of hydrogen-bond donors (Lipinski definition) is 1. The average Bonchev–Trinajstić information content (AvgIpc) is 3.28. The molecule has 0 bridgehead atoms. The van der Waals surface area contributed by atoms with Crippen LogP contribution < -0.4 is 5.32 Å². The molecule has 0 aliphatic rings. The van der Waals surface area contributed by atoms with Crippen molar-refractivity contribution in [2.24, 2.45) is 0 Å². The van der Waals surface area contributed by atoms with Crippen molar-refractivity contribution in [2.75, 3.05) is 12.4 Å². The Hall–Kier alpha value is -2.51. The molecule has 0 fully saturated rings. The lowest BCUT2D eigenvalue weighted by Gasteiger charge is -2.10. The minimum Gasteiger partial charge on any atom is -0.380 e. The van der Waals surface area contributed by atoms with E-state index in [4.69, 9.17) is 9.26 Å². The van der Waals surface area contributed by atoms with Crippen molar-refractivity contribution in [1.29, 1.82) is 0 Å². The second-order valence-corrected chi connectivity index (χ2v) is 6.43. The minimum absolute atomic E-state index is 0.0402. The number of amides is 1. The van der Waals surface area contributed by atoms with E-state index in [-0.39, 0.29) is 5.91 Å². The zero-order chi connectivity index (χ0) is 17.5. The van der Waals surface area contributed by atoms with Gasteiger partial charge in [0, 0.05) is 31.2 Å². The van der Waals surface area contributed by atoms with E-state index in [0.717, 1.165) is 16.1 Å². The molecule has 0 aliphatic heterocycles. The molecule has 0 saturated carbocycles. The number of rotatable bonds is 8. The van der Waals surface area contributed by atoms with Crippen LogP contribution in [-0.4, -0.2) is 23.2 Å². The Morgan fingerprint density at radius 1 is 1.28 bits per heavy atom. The molecule has 130 valence electrons. The van der Waals surface area contributed by atoms with E-state index in [2.05, 4.69) is 15.5 Å². The monoisotopic (exact) mass is 357 g/mol. The van der Waals surface area contributed by atoms with Crippen LogP contribution in [0.3, 0.4) is 0 Å². The third kappa shape index (κ3) is 4.74. The van der Waals surface area contributed by atoms with Crippen molar-refractivity contribution in [3.8, 4) is 10.7 Å². The molecule has 0 atom stereocenters. The molecule has 0 aliphatic carbocycles. The Balaban J connectivity index is 1.48. The number of para-hydroxylation sites is 1. The number of thiophene rings is 1. The van der Waals surface area contributed by atoms with Gasteiger partial charge in [-0.15, -0.1) is 11.3 Å². The number of aryl methyl sites for hydroxylation is 1. The Kier molecular flexibility index (Phi) is 5.92. The predicted octanol–water partition coefficient (Wildman–Crippen LogP) is 3.91. The molecule has 6 nitrogen and oxygen atoms in total. The van der Waals surface area contributed by atoms with Crippen molar-refractivity contribution < 1.29 is 14.1 Å². The lowest BCUT2D eigenvalue weighted by molar-refractivity contribution is -0.116. The Morgan fingerprint density at radius 2 is 2.16 bits per heavy atom. The Bertz CT molecular complexity index is 815. The maximum atomic E-state index is 12.1. The summed E-state index contributed by atoms with van der Waals surface area (Å²) in [6, 6.07) is 11.5. The van der Waals surface area contributed by atoms with E-state index in [0.29, 0.717) is 37.6 Å². The molecule has 2 heterocycles. The first-order valence-corrected chi connectivity index (χ1v) is 8.87. The van der Waals surface area contributed by atoms with Gasteiger partial charge >= 0.3 is 0 Å². The number of nitrogens with zero attached hydrogens (tertiary/aromatic N) is 2. The molecule has 3 rings (SSSR count). The number of hydrogen-bond acceptors (Lipinski definition) is 6. The van der Waals surface area contributed by atoms with Crippen molar-refractivity contribution in [3.63, 3.8) is 0 Å². The molecule has 2 aromatic heterocycles. The quantitative estimate of drug-likeness (QED) is 0.661. The van der Waals surface area contributed by atoms with Crippen LogP contribution >= 0.6 is 11.3 Å². The largest absolute Gasteiger partial charge is 0.380 e. The van der Waals surface area contributed by atoms with Crippen LogP contribution in [-0.2, 0) is 22.6 Å². The number of carbonyl (C=O) groups excluding carboxylic acids is 1. The van der Waals surface area contributed by atoms with Crippen molar-refractivity contribution in [2.45, 2.75) is 25.9 Å². The van der Waals surface area contributed by atoms with E-state index in [1.807, 2.05) is 41.8 Å². The molecule has 1 amide bonds. The normalized spacial score (nSPS) is 10.8. The number of anilines is 1. The highest BCUT2D eigenvalue weighted by atomic mass is 32.1. The van der Waals surface area contributed by atoms with Gasteiger partial charge in [-0.25, -0.2) is 0 Å². The van der Waals surface area contributed by atoms with Crippen molar-refractivity contribution in [3.05, 3.63) is 53.2 Å². The fourth-order valence-corrected chi connectivity index (χ4v) is 3.05. The van der Waals surface area contributed by atoms with E-state index in [9.17, 15) is 4.79 Å². The number of methoxy groups -OCH3 is 1. The number of benzene rings is 1. The summed E-state index contributed by atoms with van der Waals surface area (Å²) in [6.07, 6.45) is 1.61. The van der Waals surface area contributed by atoms with Crippen LogP contribution in [0.4, 0.5) is 5.69 Å². The molecule has 7 heteroatoms. The number of aromatic nitrogens is 2. The van der Waals surface area contributed by atoms with Crippen LogP contribution in [0.25, 0.3) is 10.7 Å². The SMILES string of the molecule is COCc1ccccc1NC(=O)CCCc1nc(-c2cccs2)no1. The molecule has 0 radical (unpaired) electrons. The topological polar surface area (TPSA) is 77.2 Å². The summed E-state index contributed by atoms with van der Waals surface area (Å²) in [5.41, 5.74) is 1.74. The molecule has 1 N–H and O–H groups in total. The zero-order valence-corrected chi connectivity index (χ0v) is 14.7. The number of ether oxygens (including phenoxy) is 1. The number of nitrogens with one attached hydrogen (secondary N) is 1. The summed E-state index contributed by atoms with van der Waals surface area (Å²) in [5.74, 6) is 1.11. The standard InChI is InChI=1S/C18H19N3O3S/c1-23-12-13-6-2-3-7-14(13)19-16(22)9-4-10-17-20-18(21-24-17)15-8-5-11-25-15/h2-3,5-8,11H,4,9-10,12H2,1H3,(H,19,22).